The summed E-state index contributed by atoms with van der Waals surface area (Å²) in [7, 11) is 0. The van der Waals surface area contributed by atoms with E-state index in [1.807, 2.05) is 35.1 Å². The third kappa shape index (κ3) is 1.98. The number of fused-ring (bicyclic) bond motifs is 1. The first-order valence-corrected chi connectivity index (χ1v) is 7.28. The lowest BCUT2D eigenvalue weighted by atomic mass is 10.2. The summed E-state index contributed by atoms with van der Waals surface area (Å²) in [5.74, 6) is 1.52. The molecule has 0 unspecified atom stereocenters. The van der Waals surface area contributed by atoms with Gasteiger partial charge in [-0.15, -0.1) is 5.10 Å². The lowest BCUT2D eigenvalue weighted by molar-refractivity contribution is 0.639. The third-order valence-corrected chi connectivity index (χ3v) is 3.69. The number of hydrogen-bond donors (Lipinski definition) is 0. The van der Waals surface area contributed by atoms with Crippen LogP contribution in [0.25, 0.3) is 28.2 Å². The molecule has 0 atom stereocenters. The zero-order valence-corrected chi connectivity index (χ0v) is 12.2. The third-order valence-electron chi connectivity index (χ3n) is 3.69. The van der Waals surface area contributed by atoms with Gasteiger partial charge in [0.1, 0.15) is 0 Å². The Bertz CT molecular complexity index is 921. The minimum Gasteiger partial charge on any atom is -0.286 e. The summed E-state index contributed by atoms with van der Waals surface area (Å²) in [5, 5.41) is 5.80. The second-order valence-electron chi connectivity index (χ2n) is 5.04. The monoisotopic (exact) mass is 289 g/mol. The van der Waals surface area contributed by atoms with Crippen molar-refractivity contribution in [2.24, 2.45) is 0 Å². The van der Waals surface area contributed by atoms with Gasteiger partial charge in [-0.2, -0.15) is 4.98 Å². The highest BCUT2D eigenvalue weighted by Crippen LogP contribution is 2.21. The molecule has 0 aliphatic carbocycles. The number of benzene rings is 1. The van der Waals surface area contributed by atoms with Crippen LogP contribution in [0.5, 0.6) is 0 Å². The molecule has 0 aliphatic heterocycles. The zero-order chi connectivity index (χ0) is 14.9. The van der Waals surface area contributed by atoms with E-state index in [-0.39, 0.29) is 0 Å². The van der Waals surface area contributed by atoms with Gasteiger partial charge < -0.3 is 0 Å². The number of para-hydroxylation sites is 1. The summed E-state index contributed by atoms with van der Waals surface area (Å²) in [6, 6.07) is 14.2. The van der Waals surface area contributed by atoms with E-state index >= 15 is 0 Å². The summed E-state index contributed by atoms with van der Waals surface area (Å²) in [6.07, 6.45) is 5.57. The van der Waals surface area contributed by atoms with Gasteiger partial charge in [-0.3, -0.25) is 9.55 Å². The van der Waals surface area contributed by atoms with Gasteiger partial charge in [-0.05, 0) is 31.2 Å². The Morgan fingerprint density at radius 2 is 1.95 bits per heavy atom. The van der Waals surface area contributed by atoms with E-state index in [9.17, 15) is 0 Å². The Labute approximate surface area is 127 Å². The van der Waals surface area contributed by atoms with Crippen molar-refractivity contribution in [3.63, 3.8) is 0 Å². The van der Waals surface area contributed by atoms with Crippen molar-refractivity contribution in [2.75, 3.05) is 0 Å². The molecule has 3 heterocycles. The number of aromatic nitrogens is 5. The SMILES string of the molecule is CCn1nc(-c2cccnc2)nc1-n1ccc2ccccc21. The summed E-state index contributed by atoms with van der Waals surface area (Å²) < 4.78 is 3.99. The Morgan fingerprint density at radius 3 is 2.77 bits per heavy atom. The fourth-order valence-corrected chi connectivity index (χ4v) is 2.60. The van der Waals surface area contributed by atoms with Crippen LogP contribution >= 0.6 is 0 Å². The van der Waals surface area contributed by atoms with Gasteiger partial charge in [-0.1, -0.05) is 18.2 Å². The number of rotatable bonds is 3. The van der Waals surface area contributed by atoms with E-state index in [4.69, 9.17) is 4.98 Å². The van der Waals surface area contributed by atoms with Crippen molar-refractivity contribution in [3.05, 3.63) is 61.1 Å². The van der Waals surface area contributed by atoms with Crippen LogP contribution in [0.3, 0.4) is 0 Å². The average molecular weight is 289 g/mol. The average Bonchev–Trinajstić information content (AvgIpc) is 3.19. The first-order chi connectivity index (χ1) is 10.9. The smallest absolute Gasteiger partial charge is 0.233 e. The molecule has 4 aromatic rings. The predicted molar refractivity (Wildman–Crippen MR) is 85.8 cm³/mol. The first-order valence-electron chi connectivity index (χ1n) is 7.28. The van der Waals surface area contributed by atoms with Crippen LogP contribution in [0.15, 0.2) is 61.1 Å². The van der Waals surface area contributed by atoms with Crippen molar-refractivity contribution in [3.8, 4) is 17.3 Å². The number of nitrogens with zero attached hydrogens (tertiary/aromatic N) is 5. The van der Waals surface area contributed by atoms with Crippen LogP contribution in [-0.4, -0.2) is 24.3 Å². The normalized spacial score (nSPS) is 11.1. The van der Waals surface area contributed by atoms with Gasteiger partial charge in [-0.25, -0.2) is 4.68 Å². The van der Waals surface area contributed by atoms with Gasteiger partial charge >= 0.3 is 0 Å². The van der Waals surface area contributed by atoms with E-state index in [1.165, 1.54) is 5.39 Å². The molecule has 4 rings (SSSR count). The van der Waals surface area contributed by atoms with Crippen LogP contribution in [-0.2, 0) is 6.54 Å². The lowest BCUT2D eigenvalue weighted by Crippen LogP contribution is -2.05. The molecule has 3 aromatic heterocycles. The number of pyridine rings is 1. The summed E-state index contributed by atoms with van der Waals surface area (Å²) in [4.78, 5) is 8.86. The molecule has 0 N–H and O–H groups in total. The predicted octanol–water partition coefficient (Wildman–Crippen LogP) is 3.30. The van der Waals surface area contributed by atoms with Crippen LogP contribution in [0.4, 0.5) is 0 Å². The van der Waals surface area contributed by atoms with Crippen LogP contribution in [0, 0.1) is 0 Å². The fraction of sp³-hybridized carbons (Fsp3) is 0.118. The van der Waals surface area contributed by atoms with E-state index in [0.717, 1.165) is 23.6 Å². The van der Waals surface area contributed by atoms with Crippen LogP contribution in [0.2, 0.25) is 0 Å². The topological polar surface area (TPSA) is 48.5 Å². The Kier molecular flexibility index (Phi) is 2.96. The second kappa shape index (κ2) is 5.11. The molecule has 22 heavy (non-hydrogen) atoms. The zero-order valence-electron chi connectivity index (χ0n) is 12.2. The van der Waals surface area contributed by atoms with E-state index in [1.54, 1.807) is 12.4 Å². The molecule has 0 radical (unpaired) electrons. The summed E-state index contributed by atoms with van der Waals surface area (Å²) in [6.45, 7) is 2.83. The number of hydrogen-bond acceptors (Lipinski definition) is 3. The van der Waals surface area contributed by atoms with Gasteiger partial charge in [0.2, 0.25) is 5.95 Å². The molecule has 0 bridgehead atoms. The molecule has 0 spiro atoms. The highest BCUT2D eigenvalue weighted by atomic mass is 15.4. The summed E-state index contributed by atoms with van der Waals surface area (Å²) >= 11 is 0. The fourth-order valence-electron chi connectivity index (χ4n) is 2.60. The first kappa shape index (κ1) is 12.8. The van der Waals surface area contributed by atoms with Gasteiger partial charge in [0, 0.05) is 36.1 Å². The van der Waals surface area contributed by atoms with Crippen molar-refractivity contribution < 1.29 is 0 Å². The molecule has 0 amide bonds. The molecule has 108 valence electrons. The minimum absolute atomic E-state index is 0.697. The van der Waals surface area contributed by atoms with Crippen LogP contribution < -0.4 is 0 Å². The molecular formula is C17H15N5. The molecule has 1 aromatic carbocycles. The van der Waals surface area contributed by atoms with Crippen molar-refractivity contribution in [2.45, 2.75) is 13.5 Å². The molecule has 0 saturated heterocycles. The maximum Gasteiger partial charge on any atom is 0.233 e. The second-order valence-corrected chi connectivity index (χ2v) is 5.04. The van der Waals surface area contributed by atoms with Crippen molar-refractivity contribution in [1.29, 1.82) is 0 Å². The van der Waals surface area contributed by atoms with Crippen molar-refractivity contribution >= 4 is 10.9 Å². The standard InChI is InChI=1S/C17H15N5/c1-2-22-17(19-16(20-22)14-7-5-10-18-12-14)21-11-9-13-6-3-4-8-15(13)21/h3-12H,2H2,1H3. The minimum atomic E-state index is 0.697. The maximum absolute atomic E-state index is 4.72. The Morgan fingerprint density at radius 1 is 1.05 bits per heavy atom. The Hall–Kier alpha value is -2.95. The summed E-state index contributed by atoms with van der Waals surface area (Å²) in [5.41, 5.74) is 2.05. The van der Waals surface area contributed by atoms with Gasteiger partial charge in [0.05, 0.1) is 5.52 Å². The van der Waals surface area contributed by atoms with Crippen LogP contribution in [0.1, 0.15) is 6.92 Å². The van der Waals surface area contributed by atoms with Gasteiger partial charge in [0.15, 0.2) is 5.82 Å². The molecule has 5 heteroatoms. The van der Waals surface area contributed by atoms with E-state index in [2.05, 4.69) is 39.8 Å². The molecular weight excluding hydrogens is 274 g/mol. The van der Waals surface area contributed by atoms with E-state index < -0.39 is 0 Å². The quantitative estimate of drug-likeness (QED) is 0.581. The molecule has 0 saturated carbocycles. The molecule has 0 aliphatic rings. The van der Waals surface area contributed by atoms with E-state index in [0.29, 0.717) is 5.82 Å². The number of aryl methyl sites for hydroxylation is 1. The molecule has 5 nitrogen and oxygen atoms in total. The highest BCUT2D eigenvalue weighted by Gasteiger charge is 2.13. The Balaban J connectivity index is 1.90. The van der Waals surface area contributed by atoms with Crippen molar-refractivity contribution in [1.82, 2.24) is 24.3 Å². The maximum atomic E-state index is 4.72. The molecule has 0 fully saturated rings. The van der Waals surface area contributed by atoms with Gasteiger partial charge in [0.25, 0.3) is 0 Å². The lowest BCUT2D eigenvalue weighted by Gasteiger charge is -2.05. The largest absolute Gasteiger partial charge is 0.286 e. The highest BCUT2D eigenvalue weighted by molar-refractivity contribution is 5.81.